The van der Waals surface area contributed by atoms with Crippen molar-refractivity contribution < 1.29 is 28.0 Å². The van der Waals surface area contributed by atoms with Gasteiger partial charge in [-0.3, -0.25) is 10.1 Å². The molecule has 0 fully saturated rings. The Labute approximate surface area is 263 Å². The maximum absolute atomic E-state index is 11.9. The quantitative estimate of drug-likeness (QED) is 0.0727. The monoisotopic (exact) mass is 637 g/mol. The van der Waals surface area contributed by atoms with Gasteiger partial charge in [0.05, 0.1) is 43.5 Å². The molecule has 0 saturated heterocycles. The van der Waals surface area contributed by atoms with Crippen LogP contribution in [0.3, 0.4) is 0 Å². The first-order valence-electron chi connectivity index (χ1n) is 15.2. The van der Waals surface area contributed by atoms with Gasteiger partial charge in [-0.2, -0.15) is 0 Å². The van der Waals surface area contributed by atoms with E-state index in [4.69, 9.17) is 23.1 Å². The van der Waals surface area contributed by atoms with Crippen molar-refractivity contribution in [2.24, 2.45) is 5.92 Å². The Morgan fingerprint density at radius 1 is 1.02 bits per heavy atom. The van der Waals surface area contributed by atoms with Crippen molar-refractivity contribution in [1.82, 2.24) is 0 Å². The van der Waals surface area contributed by atoms with E-state index >= 15 is 0 Å². The fraction of sp³-hybridized carbons (Fsp3) is 0.697. The molecule has 0 aromatic heterocycles. The Morgan fingerprint density at radius 3 is 2.00 bits per heavy atom. The first-order chi connectivity index (χ1) is 19.5. The van der Waals surface area contributed by atoms with Gasteiger partial charge in [-0.25, -0.2) is 0 Å². The smallest absolute Gasteiger partial charge is 0.315 e. The van der Waals surface area contributed by atoms with Crippen LogP contribution in [0.5, 0.6) is 11.5 Å². The van der Waals surface area contributed by atoms with Crippen molar-refractivity contribution in [3.63, 3.8) is 0 Å². The predicted molar refractivity (Wildman–Crippen MR) is 182 cm³/mol. The molecule has 0 spiro atoms. The second-order valence-corrected chi connectivity index (χ2v) is 24.2. The highest BCUT2D eigenvalue weighted by Crippen LogP contribution is 2.44. The van der Waals surface area contributed by atoms with Gasteiger partial charge in [0.25, 0.3) is 0 Å². The van der Waals surface area contributed by atoms with Crippen molar-refractivity contribution in [1.29, 1.82) is 0 Å². The second-order valence-electron chi connectivity index (χ2n) is 14.6. The van der Waals surface area contributed by atoms with E-state index in [0.29, 0.717) is 30.8 Å². The van der Waals surface area contributed by atoms with Gasteiger partial charge >= 0.3 is 5.69 Å². The van der Waals surface area contributed by atoms with Crippen LogP contribution in [-0.2, 0) is 13.6 Å². The number of benzene rings is 1. The molecule has 1 aromatic carbocycles. The summed E-state index contributed by atoms with van der Waals surface area (Å²) >= 11 is 0. The first kappa shape index (κ1) is 39.0. The molecular weight excluding hydrogens is 579 g/mol. The molecule has 0 amide bonds. The molecule has 1 aromatic rings. The Balaban J connectivity index is 3.58. The van der Waals surface area contributed by atoms with Crippen LogP contribution in [0.25, 0.3) is 0 Å². The summed E-state index contributed by atoms with van der Waals surface area (Å²) in [6.45, 7) is 35.4. The summed E-state index contributed by atoms with van der Waals surface area (Å²) < 4.78 is 31.5. The standard InChI is InChI=1S/C33H59NO7Si2/c1-17-18-29(26-21-25(37-11)22-27(34(35)36)31(26)38-12)40-30(23(2)3)24(4)28(41-43(15,16)33(8,9)10)19-20-39-42(13,14)32(5,6)7/h17,21-22,24,28-30H,1-2,18-20H2,3-16H3/t24-,28-,29?,30-/m0/s1. The van der Waals surface area contributed by atoms with E-state index in [1.165, 1.54) is 20.3 Å². The van der Waals surface area contributed by atoms with Crippen molar-refractivity contribution in [2.45, 2.75) is 123 Å². The Kier molecular flexibility index (Phi) is 13.9. The lowest BCUT2D eigenvalue weighted by molar-refractivity contribution is -0.385. The summed E-state index contributed by atoms with van der Waals surface area (Å²) in [5, 5.41) is 12.1. The Bertz CT molecular complexity index is 1110. The molecule has 0 radical (unpaired) electrons. The maximum Gasteiger partial charge on any atom is 0.315 e. The average molecular weight is 638 g/mol. The number of nitro benzene ring substituents is 1. The van der Waals surface area contributed by atoms with E-state index in [1.54, 1.807) is 12.1 Å². The average Bonchev–Trinajstić information content (AvgIpc) is 2.87. The third kappa shape index (κ3) is 10.3. The molecule has 4 atom stereocenters. The molecule has 8 nitrogen and oxygen atoms in total. The lowest BCUT2D eigenvalue weighted by atomic mass is 9.91. The van der Waals surface area contributed by atoms with E-state index in [9.17, 15) is 10.1 Å². The largest absolute Gasteiger partial charge is 0.496 e. The summed E-state index contributed by atoms with van der Waals surface area (Å²) in [7, 11) is -1.22. The molecule has 0 N–H and O–H groups in total. The molecule has 0 aliphatic rings. The highest BCUT2D eigenvalue weighted by molar-refractivity contribution is 6.74. The van der Waals surface area contributed by atoms with Gasteiger partial charge in [-0.05, 0) is 62.1 Å². The number of hydrogen-bond acceptors (Lipinski definition) is 7. The van der Waals surface area contributed by atoms with Crippen LogP contribution < -0.4 is 9.47 Å². The van der Waals surface area contributed by atoms with Crippen molar-refractivity contribution >= 4 is 22.3 Å². The maximum atomic E-state index is 11.9. The minimum absolute atomic E-state index is 0.0170. The van der Waals surface area contributed by atoms with Gasteiger partial charge in [-0.1, -0.05) is 66.7 Å². The van der Waals surface area contributed by atoms with Crippen LogP contribution >= 0.6 is 0 Å². The third-order valence-corrected chi connectivity index (χ3v) is 18.3. The minimum atomic E-state index is -2.17. The highest BCUT2D eigenvalue weighted by Gasteiger charge is 2.43. The molecular formula is C33H59NO7Si2. The summed E-state index contributed by atoms with van der Waals surface area (Å²) in [6.07, 6.45) is 1.70. The zero-order valence-electron chi connectivity index (χ0n) is 29.4. The summed E-state index contributed by atoms with van der Waals surface area (Å²) in [6, 6.07) is 3.09. The molecule has 246 valence electrons. The molecule has 1 rings (SSSR count). The molecule has 1 unspecified atom stereocenters. The van der Waals surface area contributed by atoms with Crippen LogP contribution in [-0.4, -0.2) is 54.6 Å². The van der Waals surface area contributed by atoms with Gasteiger partial charge in [0.1, 0.15) is 5.75 Å². The van der Waals surface area contributed by atoms with Crippen LogP contribution in [0.2, 0.25) is 36.3 Å². The Morgan fingerprint density at radius 2 is 1.58 bits per heavy atom. The molecule has 10 heteroatoms. The zero-order valence-corrected chi connectivity index (χ0v) is 31.4. The molecule has 0 saturated carbocycles. The number of ether oxygens (including phenoxy) is 3. The van der Waals surface area contributed by atoms with E-state index in [0.717, 1.165) is 5.57 Å². The van der Waals surface area contributed by atoms with Crippen molar-refractivity contribution in [3.8, 4) is 11.5 Å². The SMILES string of the molecule is C=CCC(O[C@@H](C(=C)C)[C@@H](C)[C@H](CCO[Si](C)(C)C(C)(C)C)O[Si](C)(C)C(C)(C)C)c1cc(OC)cc([N+](=O)[O-])c1OC. The highest BCUT2D eigenvalue weighted by atomic mass is 28.4. The first-order valence-corrected chi connectivity index (χ1v) is 21.0. The molecule has 0 bridgehead atoms. The van der Waals surface area contributed by atoms with E-state index < -0.39 is 33.8 Å². The fourth-order valence-electron chi connectivity index (χ4n) is 4.42. The van der Waals surface area contributed by atoms with E-state index in [2.05, 4.69) is 87.8 Å². The second kappa shape index (κ2) is 15.3. The predicted octanol–water partition coefficient (Wildman–Crippen LogP) is 9.63. The van der Waals surface area contributed by atoms with Gasteiger partial charge in [-0.15, -0.1) is 6.58 Å². The topological polar surface area (TPSA) is 89.3 Å². The number of hydrogen-bond donors (Lipinski definition) is 0. The van der Waals surface area contributed by atoms with Crippen LogP contribution in [0.1, 0.15) is 79.9 Å². The molecule has 0 aliphatic carbocycles. The van der Waals surface area contributed by atoms with E-state index in [1.807, 2.05) is 6.92 Å². The van der Waals surface area contributed by atoms with Crippen molar-refractivity contribution in [3.05, 3.63) is 52.6 Å². The van der Waals surface area contributed by atoms with Gasteiger partial charge in [0.15, 0.2) is 16.6 Å². The summed E-state index contributed by atoms with van der Waals surface area (Å²) in [5.74, 6) is 0.401. The van der Waals surface area contributed by atoms with Crippen molar-refractivity contribution in [2.75, 3.05) is 20.8 Å². The number of rotatable bonds is 17. The van der Waals surface area contributed by atoms with Crippen LogP contribution in [0.4, 0.5) is 5.69 Å². The minimum Gasteiger partial charge on any atom is -0.496 e. The summed E-state index contributed by atoms with van der Waals surface area (Å²) in [5.41, 5.74) is 1.18. The van der Waals surface area contributed by atoms with Gasteiger partial charge < -0.3 is 23.1 Å². The normalized spacial score (nSPS) is 15.8. The Hall–Kier alpha value is -1.99. The molecule has 43 heavy (non-hydrogen) atoms. The fourth-order valence-corrected chi connectivity index (χ4v) is 6.93. The van der Waals surface area contributed by atoms with Gasteiger partial charge in [0, 0.05) is 18.1 Å². The molecule has 0 heterocycles. The van der Waals surface area contributed by atoms with Crippen LogP contribution in [0.15, 0.2) is 36.9 Å². The number of methoxy groups -OCH3 is 2. The van der Waals surface area contributed by atoms with E-state index in [-0.39, 0.29) is 33.5 Å². The lowest BCUT2D eigenvalue weighted by Crippen LogP contribution is -2.48. The molecule has 0 aliphatic heterocycles. The zero-order chi connectivity index (χ0) is 33.6. The summed E-state index contributed by atoms with van der Waals surface area (Å²) in [4.78, 5) is 11.5. The number of nitrogens with zero attached hydrogens (tertiary/aromatic N) is 1. The van der Waals surface area contributed by atoms with Crippen LogP contribution in [0, 0.1) is 16.0 Å². The van der Waals surface area contributed by atoms with Gasteiger partial charge in [0.2, 0.25) is 5.75 Å². The third-order valence-electron chi connectivity index (χ3n) is 9.22. The number of nitro groups is 1. The lowest BCUT2D eigenvalue weighted by Gasteiger charge is -2.43.